The highest BCUT2D eigenvalue weighted by atomic mass is 16.5. The Kier molecular flexibility index (Phi) is 4.08. The number of ether oxygens (including phenoxy) is 1. The van der Waals surface area contributed by atoms with Crippen LogP contribution in [0.4, 0.5) is 0 Å². The zero-order chi connectivity index (χ0) is 13.8. The quantitative estimate of drug-likeness (QED) is 0.899. The fourth-order valence-corrected chi connectivity index (χ4v) is 2.55. The number of rotatable bonds is 5. The fraction of sp³-hybridized carbons (Fsp3) is 0.467. The van der Waals surface area contributed by atoms with Gasteiger partial charge in [-0.1, -0.05) is 23.4 Å². The van der Waals surface area contributed by atoms with E-state index >= 15 is 0 Å². The summed E-state index contributed by atoms with van der Waals surface area (Å²) in [6, 6.07) is 8.03. The minimum atomic E-state index is 0.514. The standard InChI is InChI=1S/C15H19N3O2/c16-7-5-12-3-1-2-4-13(12)15-17-14(18-20-15)9-11-6-8-19-10-11/h1-4,11H,5-10,16H2. The van der Waals surface area contributed by atoms with Gasteiger partial charge in [0.05, 0.1) is 0 Å². The van der Waals surface area contributed by atoms with E-state index in [-0.39, 0.29) is 0 Å². The third-order valence-electron chi connectivity index (χ3n) is 3.62. The van der Waals surface area contributed by atoms with Gasteiger partial charge in [-0.15, -0.1) is 0 Å². The molecule has 0 saturated carbocycles. The number of hydrogen-bond donors (Lipinski definition) is 1. The summed E-state index contributed by atoms with van der Waals surface area (Å²) in [5, 5.41) is 4.08. The maximum absolute atomic E-state index is 5.64. The summed E-state index contributed by atoms with van der Waals surface area (Å²) in [7, 11) is 0. The third kappa shape index (κ3) is 2.89. The molecule has 3 rings (SSSR count). The van der Waals surface area contributed by atoms with E-state index < -0.39 is 0 Å². The summed E-state index contributed by atoms with van der Waals surface area (Å²) < 4.78 is 10.8. The normalized spacial score (nSPS) is 18.6. The molecule has 1 aromatic heterocycles. The molecule has 0 aliphatic carbocycles. The Hall–Kier alpha value is -1.72. The monoisotopic (exact) mass is 273 g/mol. The van der Waals surface area contributed by atoms with Crippen molar-refractivity contribution >= 4 is 0 Å². The maximum atomic E-state index is 5.64. The summed E-state index contributed by atoms with van der Waals surface area (Å²) in [4.78, 5) is 4.51. The molecule has 1 unspecified atom stereocenters. The van der Waals surface area contributed by atoms with Gasteiger partial charge in [-0.25, -0.2) is 0 Å². The number of nitrogens with zero attached hydrogens (tertiary/aromatic N) is 2. The molecule has 0 amide bonds. The van der Waals surface area contributed by atoms with Gasteiger partial charge < -0.3 is 15.0 Å². The Morgan fingerprint density at radius 2 is 2.20 bits per heavy atom. The molecule has 0 radical (unpaired) electrons. The highest BCUT2D eigenvalue weighted by Crippen LogP contribution is 2.24. The van der Waals surface area contributed by atoms with E-state index in [1.807, 2.05) is 18.2 Å². The minimum Gasteiger partial charge on any atom is -0.381 e. The van der Waals surface area contributed by atoms with Gasteiger partial charge in [0.15, 0.2) is 5.82 Å². The smallest absolute Gasteiger partial charge is 0.258 e. The van der Waals surface area contributed by atoms with E-state index in [1.165, 1.54) is 0 Å². The predicted octanol–water partition coefficient (Wildman–Crippen LogP) is 1.82. The summed E-state index contributed by atoms with van der Waals surface area (Å²) in [6.45, 7) is 2.25. The first-order valence-electron chi connectivity index (χ1n) is 7.05. The molecule has 1 atom stereocenters. The summed E-state index contributed by atoms with van der Waals surface area (Å²) in [5.41, 5.74) is 7.77. The van der Waals surface area contributed by atoms with Gasteiger partial charge in [-0.3, -0.25) is 0 Å². The van der Waals surface area contributed by atoms with Crippen LogP contribution in [-0.4, -0.2) is 29.9 Å². The summed E-state index contributed by atoms with van der Waals surface area (Å²) in [6.07, 6.45) is 2.71. The number of nitrogens with two attached hydrogens (primary N) is 1. The van der Waals surface area contributed by atoms with Crippen LogP contribution in [0.15, 0.2) is 28.8 Å². The van der Waals surface area contributed by atoms with Crippen molar-refractivity contribution in [2.24, 2.45) is 11.7 Å². The lowest BCUT2D eigenvalue weighted by atomic mass is 10.0. The van der Waals surface area contributed by atoms with Crippen LogP contribution in [0.1, 0.15) is 17.8 Å². The first-order valence-corrected chi connectivity index (χ1v) is 7.05. The van der Waals surface area contributed by atoms with Gasteiger partial charge in [0.25, 0.3) is 5.89 Å². The van der Waals surface area contributed by atoms with Crippen molar-refractivity contribution in [1.29, 1.82) is 0 Å². The Labute approximate surface area is 118 Å². The van der Waals surface area contributed by atoms with Gasteiger partial charge in [-0.2, -0.15) is 4.98 Å². The van der Waals surface area contributed by atoms with Crippen molar-refractivity contribution in [1.82, 2.24) is 10.1 Å². The van der Waals surface area contributed by atoms with E-state index in [0.29, 0.717) is 18.4 Å². The SMILES string of the molecule is NCCc1ccccc1-c1nc(CC2CCOC2)no1. The first-order chi connectivity index (χ1) is 9.86. The molecule has 20 heavy (non-hydrogen) atoms. The number of aromatic nitrogens is 2. The third-order valence-corrected chi connectivity index (χ3v) is 3.62. The van der Waals surface area contributed by atoms with Gasteiger partial charge in [-0.05, 0) is 36.9 Å². The molecule has 0 spiro atoms. The lowest BCUT2D eigenvalue weighted by molar-refractivity contribution is 0.185. The second-order valence-corrected chi connectivity index (χ2v) is 5.15. The molecule has 5 nitrogen and oxygen atoms in total. The minimum absolute atomic E-state index is 0.514. The van der Waals surface area contributed by atoms with Crippen LogP contribution in [0.25, 0.3) is 11.5 Å². The molecule has 106 valence electrons. The molecular formula is C15H19N3O2. The maximum Gasteiger partial charge on any atom is 0.258 e. The van der Waals surface area contributed by atoms with Crippen molar-refractivity contribution in [2.75, 3.05) is 19.8 Å². The number of hydrogen-bond acceptors (Lipinski definition) is 5. The molecule has 1 fully saturated rings. The lowest BCUT2D eigenvalue weighted by Gasteiger charge is -2.03. The molecule has 2 N–H and O–H groups in total. The number of benzene rings is 1. The molecule has 2 aromatic rings. The molecule has 1 saturated heterocycles. The van der Waals surface area contributed by atoms with Crippen molar-refractivity contribution in [3.8, 4) is 11.5 Å². The van der Waals surface area contributed by atoms with Crippen LogP contribution in [0, 0.1) is 5.92 Å². The molecule has 0 bridgehead atoms. The first kappa shape index (κ1) is 13.3. The Morgan fingerprint density at radius 3 is 3.00 bits per heavy atom. The predicted molar refractivity (Wildman–Crippen MR) is 75.1 cm³/mol. The Bertz CT molecular complexity index is 562. The average Bonchev–Trinajstić information content (AvgIpc) is 3.12. The van der Waals surface area contributed by atoms with E-state index in [0.717, 1.165) is 49.4 Å². The molecular weight excluding hydrogens is 254 g/mol. The molecule has 1 aliphatic heterocycles. The summed E-state index contributed by atoms with van der Waals surface area (Å²) >= 11 is 0. The van der Waals surface area contributed by atoms with Crippen LogP contribution >= 0.6 is 0 Å². The Balaban J connectivity index is 1.78. The zero-order valence-corrected chi connectivity index (χ0v) is 11.4. The van der Waals surface area contributed by atoms with Gasteiger partial charge in [0, 0.05) is 25.2 Å². The van der Waals surface area contributed by atoms with Crippen molar-refractivity contribution in [3.63, 3.8) is 0 Å². The van der Waals surface area contributed by atoms with E-state index in [2.05, 4.69) is 16.2 Å². The summed E-state index contributed by atoms with van der Waals surface area (Å²) in [5.74, 6) is 1.86. The van der Waals surface area contributed by atoms with Gasteiger partial charge in [0.2, 0.25) is 0 Å². The highest BCUT2D eigenvalue weighted by molar-refractivity contribution is 5.58. The van der Waals surface area contributed by atoms with Crippen LogP contribution < -0.4 is 5.73 Å². The van der Waals surface area contributed by atoms with Crippen LogP contribution in [0.2, 0.25) is 0 Å². The topological polar surface area (TPSA) is 74.2 Å². The van der Waals surface area contributed by atoms with Crippen LogP contribution in [0.5, 0.6) is 0 Å². The van der Waals surface area contributed by atoms with Crippen LogP contribution in [0.3, 0.4) is 0 Å². The Morgan fingerprint density at radius 1 is 1.30 bits per heavy atom. The largest absolute Gasteiger partial charge is 0.381 e. The molecule has 1 aliphatic rings. The van der Waals surface area contributed by atoms with Gasteiger partial charge >= 0.3 is 0 Å². The van der Waals surface area contributed by atoms with Gasteiger partial charge in [0.1, 0.15) is 0 Å². The van der Waals surface area contributed by atoms with Crippen molar-refractivity contribution in [3.05, 3.63) is 35.7 Å². The van der Waals surface area contributed by atoms with Crippen molar-refractivity contribution < 1.29 is 9.26 Å². The second-order valence-electron chi connectivity index (χ2n) is 5.15. The van der Waals surface area contributed by atoms with E-state index in [9.17, 15) is 0 Å². The van der Waals surface area contributed by atoms with E-state index in [4.69, 9.17) is 15.0 Å². The highest BCUT2D eigenvalue weighted by Gasteiger charge is 2.20. The fourth-order valence-electron chi connectivity index (χ4n) is 2.55. The van der Waals surface area contributed by atoms with Crippen molar-refractivity contribution in [2.45, 2.75) is 19.3 Å². The zero-order valence-electron chi connectivity index (χ0n) is 11.4. The van der Waals surface area contributed by atoms with Crippen LogP contribution in [-0.2, 0) is 17.6 Å². The molecule has 2 heterocycles. The molecule has 1 aromatic carbocycles. The second kappa shape index (κ2) is 6.15. The van der Waals surface area contributed by atoms with E-state index in [1.54, 1.807) is 0 Å². The average molecular weight is 273 g/mol. The lowest BCUT2D eigenvalue weighted by Crippen LogP contribution is -2.05. The molecule has 5 heteroatoms.